The second-order valence-corrected chi connectivity index (χ2v) is 6.30. The molecule has 2 aromatic carbocycles. The highest BCUT2D eigenvalue weighted by atomic mass is 16.6. The number of oxime groups is 1. The highest BCUT2D eigenvalue weighted by Gasteiger charge is 2.04. The number of aryl methyl sites for hydroxylation is 1. The Morgan fingerprint density at radius 1 is 0.917 bits per heavy atom. The summed E-state index contributed by atoms with van der Waals surface area (Å²) in [5.74, 6) is 0. The normalized spacial score (nSPS) is 11.7. The molecule has 0 aliphatic rings. The molecule has 0 bridgehead atoms. The highest BCUT2D eigenvalue weighted by Crippen LogP contribution is 2.09. The molecule has 0 fully saturated rings. The molecule has 0 saturated carbocycles. The van der Waals surface area contributed by atoms with Gasteiger partial charge in [0.2, 0.25) is 0 Å². The predicted molar refractivity (Wildman–Crippen MR) is 101 cm³/mol. The van der Waals surface area contributed by atoms with Crippen LogP contribution in [0.15, 0.2) is 65.8 Å². The van der Waals surface area contributed by atoms with E-state index in [1.165, 1.54) is 11.1 Å². The summed E-state index contributed by atoms with van der Waals surface area (Å²) in [4.78, 5) is 7.63. The van der Waals surface area contributed by atoms with Crippen LogP contribution in [0, 0.1) is 0 Å². The Morgan fingerprint density at radius 3 is 2.17 bits per heavy atom. The second kappa shape index (κ2) is 10.6. The Labute approximate surface area is 145 Å². The van der Waals surface area contributed by atoms with Gasteiger partial charge in [-0.25, -0.2) is 0 Å². The molecule has 0 spiro atoms. The van der Waals surface area contributed by atoms with E-state index in [2.05, 4.69) is 64.7 Å². The quantitative estimate of drug-likeness (QED) is 0.372. The molecule has 0 saturated heterocycles. The molecule has 0 unspecified atom stereocenters. The van der Waals surface area contributed by atoms with Crippen LogP contribution in [-0.2, 0) is 17.7 Å². The zero-order chi connectivity index (χ0) is 17.0. The summed E-state index contributed by atoms with van der Waals surface area (Å²) in [6.45, 7) is 1.51. The van der Waals surface area contributed by atoms with Gasteiger partial charge in [0.1, 0.15) is 6.61 Å². The summed E-state index contributed by atoms with van der Waals surface area (Å²) >= 11 is 0. The predicted octanol–water partition coefficient (Wildman–Crippen LogP) is 4.19. The Kier molecular flexibility index (Phi) is 8.05. The first-order valence-corrected chi connectivity index (χ1v) is 8.64. The van der Waals surface area contributed by atoms with Crippen molar-refractivity contribution in [2.75, 3.05) is 27.2 Å². The van der Waals surface area contributed by atoms with Crippen molar-refractivity contribution in [3.8, 4) is 0 Å². The minimum atomic E-state index is 0.629. The molecule has 128 valence electrons. The topological polar surface area (TPSA) is 24.8 Å². The first kappa shape index (κ1) is 18.2. The fourth-order valence-corrected chi connectivity index (χ4v) is 2.50. The van der Waals surface area contributed by atoms with Gasteiger partial charge in [-0.2, -0.15) is 0 Å². The lowest BCUT2D eigenvalue weighted by Gasteiger charge is -2.10. The Bertz CT molecular complexity index is 594. The molecular formula is C21H28N2O. The van der Waals surface area contributed by atoms with E-state index < -0.39 is 0 Å². The molecule has 3 heteroatoms. The number of rotatable bonds is 10. The van der Waals surface area contributed by atoms with E-state index in [0.717, 1.165) is 37.9 Å². The Balaban J connectivity index is 1.87. The van der Waals surface area contributed by atoms with Gasteiger partial charge >= 0.3 is 0 Å². The minimum absolute atomic E-state index is 0.629. The molecule has 0 radical (unpaired) electrons. The summed E-state index contributed by atoms with van der Waals surface area (Å²) in [7, 11) is 4.08. The summed E-state index contributed by atoms with van der Waals surface area (Å²) in [5, 5.41) is 4.41. The molecule has 0 heterocycles. The average molecular weight is 324 g/mol. The van der Waals surface area contributed by atoms with Crippen LogP contribution in [0.4, 0.5) is 0 Å². The molecular weight excluding hydrogens is 296 g/mol. The average Bonchev–Trinajstić information content (AvgIpc) is 2.60. The SMILES string of the molecule is CN(C)CCON=C(CCCc1ccccc1)Cc1ccccc1. The van der Waals surface area contributed by atoms with Gasteiger partial charge in [-0.3, -0.25) is 0 Å². The van der Waals surface area contributed by atoms with Crippen LogP contribution in [0.25, 0.3) is 0 Å². The van der Waals surface area contributed by atoms with Gasteiger partial charge in [-0.15, -0.1) is 0 Å². The first-order valence-electron chi connectivity index (χ1n) is 8.64. The standard InChI is InChI=1S/C21H28N2O/c1-23(2)16-17-24-22-21(18-20-12-7-4-8-13-20)15-9-14-19-10-5-3-6-11-19/h3-8,10-13H,9,14-18H2,1-2H3. The monoisotopic (exact) mass is 324 g/mol. The van der Waals surface area contributed by atoms with E-state index in [4.69, 9.17) is 4.84 Å². The van der Waals surface area contributed by atoms with Gasteiger partial charge in [0.15, 0.2) is 0 Å². The Morgan fingerprint density at radius 2 is 1.54 bits per heavy atom. The van der Waals surface area contributed by atoms with Gasteiger partial charge in [-0.1, -0.05) is 65.8 Å². The number of nitrogens with zero attached hydrogens (tertiary/aromatic N) is 2. The van der Waals surface area contributed by atoms with E-state index >= 15 is 0 Å². The summed E-state index contributed by atoms with van der Waals surface area (Å²) in [6, 6.07) is 21.1. The minimum Gasteiger partial charge on any atom is -0.394 e. The molecule has 0 atom stereocenters. The fraction of sp³-hybridized carbons (Fsp3) is 0.381. The molecule has 0 N–H and O–H groups in total. The maximum Gasteiger partial charge on any atom is 0.129 e. The largest absolute Gasteiger partial charge is 0.394 e. The van der Waals surface area contributed by atoms with E-state index in [1.807, 2.05) is 20.2 Å². The van der Waals surface area contributed by atoms with Crippen LogP contribution in [0.2, 0.25) is 0 Å². The van der Waals surface area contributed by atoms with Crippen LogP contribution in [0.5, 0.6) is 0 Å². The van der Waals surface area contributed by atoms with E-state index in [-0.39, 0.29) is 0 Å². The maximum atomic E-state index is 5.53. The molecule has 0 aliphatic carbocycles. The van der Waals surface area contributed by atoms with Crippen LogP contribution in [0.1, 0.15) is 24.0 Å². The molecule has 24 heavy (non-hydrogen) atoms. The molecule has 2 aromatic rings. The third-order valence-corrected chi connectivity index (χ3v) is 3.85. The van der Waals surface area contributed by atoms with Crippen molar-refractivity contribution in [3.05, 3.63) is 71.8 Å². The first-order chi connectivity index (χ1) is 11.7. The molecule has 2 rings (SSSR count). The lowest BCUT2D eigenvalue weighted by atomic mass is 10.0. The van der Waals surface area contributed by atoms with Crippen molar-refractivity contribution in [2.24, 2.45) is 5.16 Å². The fourth-order valence-electron chi connectivity index (χ4n) is 2.50. The van der Waals surface area contributed by atoms with E-state index in [9.17, 15) is 0 Å². The zero-order valence-electron chi connectivity index (χ0n) is 14.8. The van der Waals surface area contributed by atoms with Crippen molar-refractivity contribution in [3.63, 3.8) is 0 Å². The summed E-state index contributed by atoms with van der Waals surface area (Å²) < 4.78 is 0. The van der Waals surface area contributed by atoms with Gasteiger partial charge in [0.05, 0.1) is 5.71 Å². The van der Waals surface area contributed by atoms with Crippen molar-refractivity contribution in [2.45, 2.75) is 25.7 Å². The van der Waals surface area contributed by atoms with Crippen molar-refractivity contribution >= 4 is 5.71 Å². The van der Waals surface area contributed by atoms with Gasteiger partial charge in [0.25, 0.3) is 0 Å². The Hall–Kier alpha value is -2.13. The van der Waals surface area contributed by atoms with Gasteiger partial charge < -0.3 is 9.74 Å². The third kappa shape index (κ3) is 7.42. The lowest BCUT2D eigenvalue weighted by Crippen LogP contribution is -2.17. The van der Waals surface area contributed by atoms with Gasteiger partial charge in [0, 0.05) is 13.0 Å². The van der Waals surface area contributed by atoms with Crippen LogP contribution < -0.4 is 0 Å². The second-order valence-electron chi connectivity index (χ2n) is 6.30. The van der Waals surface area contributed by atoms with Crippen LogP contribution in [0.3, 0.4) is 0 Å². The van der Waals surface area contributed by atoms with E-state index in [1.54, 1.807) is 0 Å². The molecule has 0 amide bonds. The summed E-state index contributed by atoms with van der Waals surface area (Å²) in [6.07, 6.45) is 3.99. The van der Waals surface area contributed by atoms with E-state index in [0.29, 0.717) is 6.61 Å². The molecule has 0 aliphatic heterocycles. The smallest absolute Gasteiger partial charge is 0.129 e. The molecule has 3 nitrogen and oxygen atoms in total. The number of benzene rings is 2. The number of hydrogen-bond donors (Lipinski definition) is 0. The lowest BCUT2D eigenvalue weighted by molar-refractivity contribution is 0.125. The van der Waals surface area contributed by atoms with Crippen LogP contribution in [-0.4, -0.2) is 37.9 Å². The van der Waals surface area contributed by atoms with Crippen molar-refractivity contribution in [1.82, 2.24) is 4.90 Å². The zero-order valence-corrected chi connectivity index (χ0v) is 14.8. The van der Waals surface area contributed by atoms with Gasteiger partial charge in [-0.05, 0) is 44.5 Å². The summed E-state index contributed by atoms with van der Waals surface area (Å²) in [5.41, 5.74) is 3.79. The molecule has 0 aromatic heterocycles. The third-order valence-electron chi connectivity index (χ3n) is 3.85. The van der Waals surface area contributed by atoms with Crippen molar-refractivity contribution < 1.29 is 4.84 Å². The number of likely N-dealkylation sites (N-methyl/N-ethyl adjacent to an activating group) is 1. The maximum absolute atomic E-state index is 5.53. The number of hydrogen-bond acceptors (Lipinski definition) is 3. The van der Waals surface area contributed by atoms with Crippen LogP contribution >= 0.6 is 0 Å². The highest BCUT2D eigenvalue weighted by molar-refractivity contribution is 5.86. The van der Waals surface area contributed by atoms with Crippen molar-refractivity contribution in [1.29, 1.82) is 0 Å².